The number of hydrogen-bond donors (Lipinski definition) is 0. The predicted octanol–water partition coefficient (Wildman–Crippen LogP) is 2.96. The number of aryl methyl sites for hydroxylation is 2. The summed E-state index contributed by atoms with van der Waals surface area (Å²) in [6.07, 6.45) is 4.29. The van der Waals surface area contributed by atoms with Crippen LogP contribution in [0.2, 0.25) is 0 Å². The summed E-state index contributed by atoms with van der Waals surface area (Å²) in [7, 11) is 0. The van der Waals surface area contributed by atoms with Gasteiger partial charge in [0.2, 0.25) is 0 Å². The van der Waals surface area contributed by atoms with Crippen LogP contribution in [0.4, 0.5) is 0 Å². The first-order valence-electron chi connectivity index (χ1n) is 6.69. The zero-order chi connectivity index (χ0) is 13.4. The van der Waals surface area contributed by atoms with E-state index < -0.39 is 0 Å². The van der Waals surface area contributed by atoms with E-state index >= 15 is 0 Å². The Morgan fingerprint density at radius 3 is 2.74 bits per heavy atom. The zero-order valence-electron chi connectivity index (χ0n) is 11.3. The molecule has 1 saturated carbocycles. The number of hydrogen-bond acceptors (Lipinski definition) is 3. The highest BCUT2D eigenvalue weighted by Crippen LogP contribution is 2.38. The van der Waals surface area contributed by atoms with Crippen LogP contribution in [0.1, 0.15) is 52.5 Å². The highest BCUT2D eigenvalue weighted by atomic mass is 16.1. The minimum Gasteiger partial charge on any atom is -0.296 e. The molecule has 0 aliphatic heterocycles. The molecule has 1 aromatic carbocycles. The summed E-state index contributed by atoms with van der Waals surface area (Å²) in [5, 5.41) is 8.23. The molecule has 2 aromatic rings. The second kappa shape index (κ2) is 4.61. The topological polar surface area (TPSA) is 47.8 Å². The summed E-state index contributed by atoms with van der Waals surface area (Å²) < 4.78 is 1.86. The normalized spacial score (nSPS) is 15.3. The van der Waals surface area contributed by atoms with Crippen LogP contribution in [0, 0.1) is 13.8 Å². The SMILES string of the molecule is Cc1ccc(C)c(-n2nnc(C=O)c2C2CCC2)c1. The Bertz CT molecular complexity index is 626. The van der Waals surface area contributed by atoms with Crippen molar-refractivity contribution in [2.24, 2.45) is 0 Å². The minimum absolute atomic E-state index is 0.426. The van der Waals surface area contributed by atoms with Crippen molar-refractivity contribution in [3.63, 3.8) is 0 Å². The molecule has 0 N–H and O–H groups in total. The van der Waals surface area contributed by atoms with Gasteiger partial charge in [-0.25, -0.2) is 4.68 Å². The average Bonchev–Trinajstić information content (AvgIpc) is 2.74. The molecule has 1 aliphatic rings. The summed E-state index contributed by atoms with van der Waals surface area (Å²) >= 11 is 0. The zero-order valence-corrected chi connectivity index (χ0v) is 11.3. The Hall–Kier alpha value is -1.97. The number of carbonyl (C=O) groups excluding carboxylic acids is 1. The quantitative estimate of drug-likeness (QED) is 0.792. The molecule has 3 rings (SSSR count). The fraction of sp³-hybridized carbons (Fsp3) is 0.400. The van der Waals surface area contributed by atoms with Gasteiger partial charge in [0.25, 0.3) is 0 Å². The Morgan fingerprint density at radius 1 is 1.32 bits per heavy atom. The number of aldehydes is 1. The minimum atomic E-state index is 0.426. The van der Waals surface area contributed by atoms with Gasteiger partial charge in [-0.05, 0) is 43.9 Å². The van der Waals surface area contributed by atoms with Crippen LogP contribution in [0.3, 0.4) is 0 Å². The lowest BCUT2D eigenvalue weighted by Crippen LogP contribution is -2.16. The van der Waals surface area contributed by atoms with E-state index in [1.54, 1.807) is 0 Å². The fourth-order valence-electron chi connectivity index (χ4n) is 2.57. The molecule has 0 saturated heterocycles. The van der Waals surface area contributed by atoms with Gasteiger partial charge in [-0.1, -0.05) is 23.8 Å². The first-order valence-corrected chi connectivity index (χ1v) is 6.69. The van der Waals surface area contributed by atoms with Crippen molar-refractivity contribution in [3.8, 4) is 5.69 Å². The molecule has 0 amide bonds. The summed E-state index contributed by atoms with van der Waals surface area (Å²) in [5.41, 5.74) is 4.83. The van der Waals surface area contributed by atoms with Crippen molar-refractivity contribution in [1.29, 1.82) is 0 Å². The second-order valence-corrected chi connectivity index (χ2v) is 5.31. The Kier molecular flexibility index (Phi) is 2.93. The van der Waals surface area contributed by atoms with E-state index in [0.29, 0.717) is 11.6 Å². The molecule has 0 radical (unpaired) electrons. The molecule has 0 unspecified atom stereocenters. The summed E-state index contributed by atoms with van der Waals surface area (Å²) in [6.45, 7) is 4.12. The van der Waals surface area contributed by atoms with Gasteiger partial charge in [0.05, 0.1) is 11.4 Å². The highest BCUT2D eigenvalue weighted by Gasteiger charge is 2.28. The van der Waals surface area contributed by atoms with E-state index in [1.807, 2.05) is 4.68 Å². The largest absolute Gasteiger partial charge is 0.296 e. The maximum absolute atomic E-state index is 11.2. The van der Waals surface area contributed by atoms with Crippen molar-refractivity contribution < 1.29 is 4.79 Å². The number of nitrogens with zero attached hydrogens (tertiary/aromatic N) is 3. The molecule has 0 spiro atoms. The molecule has 98 valence electrons. The van der Waals surface area contributed by atoms with E-state index in [0.717, 1.165) is 36.1 Å². The van der Waals surface area contributed by atoms with Gasteiger partial charge >= 0.3 is 0 Å². The van der Waals surface area contributed by atoms with Crippen LogP contribution in [-0.4, -0.2) is 21.3 Å². The van der Waals surface area contributed by atoms with Gasteiger partial charge in [0.15, 0.2) is 6.29 Å². The van der Waals surface area contributed by atoms with Crippen molar-refractivity contribution in [1.82, 2.24) is 15.0 Å². The van der Waals surface area contributed by atoms with Crippen molar-refractivity contribution in [2.45, 2.75) is 39.0 Å². The lowest BCUT2D eigenvalue weighted by Gasteiger charge is -2.26. The molecule has 1 fully saturated rings. The number of benzene rings is 1. The highest BCUT2D eigenvalue weighted by molar-refractivity contribution is 5.74. The van der Waals surface area contributed by atoms with Crippen molar-refractivity contribution in [2.75, 3.05) is 0 Å². The van der Waals surface area contributed by atoms with Crippen LogP contribution in [0.25, 0.3) is 5.69 Å². The lowest BCUT2D eigenvalue weighted by atomic mass is 9.82. The number of rotatable bonds is 3. The maximum Gasteiger partial charge on any atom is 0.172 e. The van der Waals surface area contributed by atoms with E-state index in [1.165, 1.54) is 12.0 Å². The first kappa shape index (κ1) is 12.1. The standard InChI is InChI=1S/C15H17N3O/c1-10-6-7-11(2)14(8-10)18-15(12-4-3-5-12)13(9-19)16-17-18/h6-9,12H,3-5H2,1-2H3. The molecule has 1 aliphatic carbocycles. The molecular weight excluding hydrogens is 238 g/mol. The van der Waals surface area contributed by atoms with Crippen LogP contribution in [0.15, 0.2) is 18.2 Å². The third-order valence-corrected chi connectivity index (χ3v) is 3.93. The third kappa shape index (κ3) is 1.97. The molecule has 0 atom stereocenters. The van der Waals surface area contributed by atoms with Crippen LogP contribution < -0.4 is 0 Å². The Balaban J connectivity index is 2.16. The van der Waals surface area contributed by atoms with Gasteiger partial charge in [0, 0.05) is 5.92 Å². The van der Waals surface area contributed by atoms with Gasteiger partial charge in [0.1, 0.15) is 5.69 Å². The first-order chi connectivity index (χ1) is 9.20. The number of carbonyl (C=O) groups is 1. The lowest BCUT2D eigenvalue weighted by molar-refractivity contribution is 0.111. The maximum atomic E-state index is 11.2. The predicted molar refractivity (Wildman–Crippen MR) is 72.8 cm³/mol. The molecule has 1 aromatic heterocycles. The fourth-order valence-corrected chi connectivity index (χ4v) is 2.57. The Labute approximate surface area is 112 Å². The van der Waals surface area contributed by atoms with Crippen molar-refractivity contribution >= 4 is 6.29 Å². The third-order valence-electron chi connectivity index (χ3n) is 3.93. The van der Waals surface area contributed by atoms with Gasteiger partial charge in [-0.3, -0.25) is 4.79 Å². The van der Waals surface area contributed by atoms with Gasteiger partial charge in [-0.2, -0.15) is 0 Å². The van der Waals surface area contributed by atoms with E-state index in [9.17, 15) is 4.79 Å². The number of aromatic nitrogens is 3. The Morgan fingerprint density at radius 2 is 2.11 bits per heavy atom. The molecular formula is C15H17N3O. The molecule has 4 heteroatoms. The molecule has 19 heavy (non-hydrogen) atoms. The summed E-state index contributed by atoms with van der Waals surface area (Å²) in [5.74, 6) is 0.426. The van der Waals surface area contributed by atoms with E-state index in [4.69, 9.17) is 0 Å². The van der Waals surface area contributed by atoms with Crippen LogP contribution >= 0.6 is 0 Å². The van der Waals surface area contributed by atoms with Crippen LogP contribution in [-0.2, 0) is 0 Å². The molecule has 4 nitrogen and oxygen atoms in total. The van der Waals surface area contributed by atoms with Crippen LogP contribution in [0.5, 0.6) is 0 Å². The molecule has 0 bridgehead atoms. The smallest absolute Gasteiger partial charge is 0.172 e. The second-order valence-electron chi connectivity index (χ2n) is 5.31. The molecule has 1 heterocycles. The summed E-state index contributed by atoms with van der Waals surface area (Å²) in [4.78, 5) is 11.2. The monoisotopic (exact) mass is 255 g/mol. The van der Waals surface area contributed by atoms with Gasteiger partial charge in [-0.15, -0.1) is 5.10 Å². The van der Waals surface area contributed by atoms with E-state index in [2.05, 4.69) is 42.4 Å². The van der Waals surface area contributed by atoms with Gasteiger partial charge < -0.3 is 0 Å². The van der Waals surface area contributed by atoms with E-state index in [-0.39, 0.29) is 0 Å². The average molecular weight is 255 g/mol. The van der Waals surface area contributed by atoms with Crippen molar-refractivity contribution in [3.05, 3.63) is 40.7 Å². The summed E-state index contributed by atoms with van der Waals surface area (Å²) in [6, 6.07) is 6.26.